The van der Waals surface area contributed by atoms with Crippen LogP contribution in [0.2, 0.25) is 0 Å². The van der Waals surface area contributed by atoms with Gasteiger partial charge in [-0.25, -0.2) is 0 Å². The van der Waals surface area contributed by atoms with E-state index in [9.17, 15) is 9.59 Å². The molecule has 0 aliphatic carbocycles. The first-order valence-corrected chi connectivity index (χ1v) is 3.98. The first kappa shape index (κ1) is 14.8. The van der Waals surface area contributed by atoms with Crippen molar-refractivity contribution in [2.45, 2.75) is 13.5 Å². The SMILES string of the molecule is CC(=O)Oc1ccc(CO[C-]=O)cc1.[K+]. The van der Waals surface area contributed by atoms with Gasteiger partial charge in [0.1, 0.15) is 5.75 Å². The van der Waals surface area contributed by atoms with Crippen molar-refractivity contribution in [3.05, 3.63) is 29.8 Å². The van der Waals surface area contributed by atoms with E-state index < -0.39 is 0 Å². The van der Waals surface area contributed by atoms with Crippen LogP contribution in [0, 0.1) is 0 Å². The summed E-state index contributed by atoms with van der Waals surface area (Å²) in [4.78, 5) is 20.3. The quantitative estimate of drug-likeness (QED) is 0.266. The molecule has 0 unspecified atom stereocenters. The molecule has 0 radical (unpaired) electrons. The fourth-order valence-corrected chi connectivity index (χ4v) is 0.932. The molecule has 5 heteroatoms. The van der Waals surface area contributed by atoms with Crippen LogP contribution >= 0.6 is 0 Å². The number of esters is 1. The zero-order chi connectivity index (χ0) is 10.4. The largest absolute Gasteiger partial charge is 1.00 e. The van der Waals surface area contributed by atoms with Crippen LogP contribution in [0.1, 0.15) is 12.5 Å². The molecule has 0 saturated heterocycles. The van der Waals surface area contributed by atoms with Gasteiger partial charge in [0, 0.05) is 6.92 Å². The van der Waals surface area contributed by atoms with Gasteiger partial charge in [0.25, 0.3) is 0 Å². The van der Waals surface area contributed by atoms with Crippen LogP contribution in [0.5, 0.6) is 5.75 Å². The Kier molecular flexibility index (Phi) is 7.90. The summed E-state index contributed by atoms with van der Waals surface area (Å²) in [7, 11) is 0. The second-order valence-corrected chi connectivity index (χ2v) is 2.61. The Morgan fingerprint density at radius 2 is 1.93 bits per heavy atom. The molecule has 0 N–H and O–H groups in total. The minimum atomic E-state index is -0.366. The van der Waals surface area contributed by atoms with Crippen LogP contribution in [0.4, 0.5) is 0 Å². The Balaban J connectivity index is 0.00000196. The predicted molar refractivity (Wildman–Crippen MR) is 48.2 cm³/mol. The van der Waals surface area contributed by atoms with Crippen molar-refractivity contribution in [2.24, 2.45) is 0 Å². The molecule has 74 valence electrons. The van der Waals surface area contributed by atoms with Crippen LogP contribution in [0.15, 0.2) is 24.3 Å². The van der Waals surface area contributed by atoms with Crippen molar-refractivity contribution in [2.75, 3.05) is 0 Å². The molecule has 0 amide bonds. The number of hydrogen-bond acceptors (Lipinski definition) is 4. The molecule has 0 atom stereocenters. The Morgan fingerprint density at radius 1 is 1.33 bits per heavy atom. The average Bonchev–Trinajstić information content (AvgIpc) is 2.16. The maximum Gasteiger partial charge on any atom is 1.00 e. The van der Waals surface area contributed by atoms with E-state index in [1.54, 1.807) is 24.3 Å². The van der Waals surface area contributed by atoms with E-state index >= 15 is 0 Å². The van der Waals surface area contributed by atoms with E-state index in [2.05, 4.69) is 4.74 Å². The zero-order valence-corrected chi connectivity index (χ0v) is 11.8. The first-order chi connectivity index (χ1) is 6.72. The van der Waals surface area contributed by atoms with Crippen LogP contribution in [-0.2, 0) is 20.9 Å². The monoisotopic (exact) mass is 232 g/mol. The fraction of sp³-hybridized carbons (Fsp3) is 0.200. The molecule has 0 aromatic heterocycles. The third kappa shape index (κ3) is 6.06. The van der Waals surface area contributed by atoms with Crippen molar-refractivity contribution in [3.8, 4) is 5.75 Å². The van der Waals surface area contributed by atoms with E-state index in [0.717, 1.165) is 5.56 Å². The molecule has 4 nitrogen and oxygen atoms in total. The van der Waals surface area contributed by atoms with E-state index in [-0.39, 0.29) is 64.0 Å². The molecule has 0 aliphatic rings. The van der Waals surface area contributed by atoms with Crippen molar-refractivity contribution in [1.29, 1.82) is 0 Å². The number of benzene rings is 1. The Morgan fingerprint density at radius 3 is 2.40 bits per heavy atom. The first-order valence-electron chi connectivity index (χ1n) is 3.98. The van der Waals surface area contributed by atoms with Crippen LogP contribution in [0.3, 0.4) is 0 Å². The third-order valence-corrected chi connectivity index (χ3v) is 1.48. The van der Waals surface area contributed by atoms with Crippen molar-refractivity contribution in [1.82, 2.24) is 0 Å². The topological polar surface area (TPSA) is 52.6 Å². The molecule has 0 saturated carbocycles. The molecule has 1 rings (SSSR count). The van der Waals surface area contributed by atoms with Crippen LogP contribution in [-0.4, -0.2) is 12.4 Å². The number of carbonyl (C=O) groups is 1. The van der Waals surface area contributed by atoms with E-state index in [4.69, 9.17) is 4.74 Å². The van der Waals surface area contributed by atoms with Gasteiger partial charge in [0.2, 0.25) is 0 Å². The normalized spacial score (nSPS) is 8.60. The van der Waals surface area contributed by atoms with Gasteiger partial charge in [-0.05, 0) is 17.7 Å². The molecule has 0 bridgehead atoms. The molecule has 15 heavy (non-hydrogen) atoms. The molecule has 0 aliphatic heterocycles. The van der Waals surface area contributed by atoms with Crippen molar-refractivity contribution in [3.63, 3.8) is 0 Å². The predicted octanol–water partition coefficient (Wildman–Crippen LogP) is -1.80. The summed E-state index contributed by atoms with van der Waals surface area (Å²) in [6.07, 6.45) is 0. The number of carbonyl (C=O) groups excluding carboxylic acids is 2. The molecule has 1 aromatic carbocycles. The van der Waals surface area contributed by atoms with Gasteiger partial charge in [-0.15, -0.1) is 0 Å². The van der Waals surface area contributed by atoms with Gasteiger partial charge in [-0.1, -0.05) is 18.6 Å². The zero-order valence-electron chi connectivity index (χ0n) is 8.65. The summed E-state index contributed by atoms with van der Waals surface area (Å²) in [5.74, 6) is 0.103. The maximum absolute atomic E-state index is 10.6. The second-order valence-electron chi connectivity index (χ2n) is 2.61. The Labute approximate surface area is 130 Å². The van der Waals surface area contributed by atoms with E-state index in [1.807, 2.05) is 0 Å². The van der Waals surface area contributed by atoms with Gasteiger partial charge in [-0.3, -0.25) is 4.79 Å². The smallest absolute Gasteiger partial charge is 0.650 e. The van der Waals surface area contributed by atoms with Crippen molar-refractivity contribution < 1.29 is 70.4 Å². The summed E-state index contributed by atoms with van der Waals surface area (Å²) >= 11 is 0. The Hall–Kier alpha value is -0.204. The summed E-state index contributed by atoms with van der Waals surface area (Å²) in [6, 6.07) is 6.67. The minimum absolute atomic E-state index is 0. The second kappa shape index (κ2) is 8.01. The summed E-state index contributed by atoms with van der Waals surface area (Å²) in [6.45, 7) is 2.83. The van der Waals surface area contributed by atoms with E-state index in [0.29, 0.717) is 5.75 Å². The average molecular weight is 232 g/mol. The van der Waals surface area contributed by atoms with Crippen molar-refractivity contribution >= 4 is 12.4 Å². The Bertz CT molecular complexity index is 321. The third-order valence-electron chi connectivity index (χ3n) is 1.48. The molecule has 1 aromatic rings. The fourth-order valence-electron chi connectivity index (χ4n) is 0.932. The number of hydrogen-bond donors (Lipinski definition) is 0. The molecule has 0 spiro atoms. The van der Waals surface area contributed by atoms with Gasteiger partial charge < -0.3 is 14.3 Å². The molecular formula is C10H9KO4. The van der Waals surface area contributed by atoms with Gasteiger partial charge in [0.05, 0.1) is 6.61 Å². The minimum Gasteiger partial charge on any atom is -0.650 e. The summed E-state index contributed by atoms with van der Waals surface area (Å²) in [5, 5.41) is 0. The van der Waals surface area contributed by atoms with Gasteiger partial charge >= 0.3 is 57.4 Å². The molecule has 0 heterocycles. The molecule has 0 fully saturated rings. The van der Waals surface area contributed by atoms with Gasteiger partial charge in [0.15, 0.2) is 0 Å². The van der Waals surface area contributed by atoms with Crippen LogP contribution < -0.4 is 56.1 Å². The maximum atomic E-state index is 10.6. The molecular weight excluding hydrogens is 223 g/mol. The number of rotatable bonds is 4. The standard InChI is InChI=1S/C10H9O4.K/c1-8(12)14-10-4-2-9(3-5-10)6-13-7-11;/h2-5H,6H2,1H3;/q-1;+1. The van der Waals surface area contributed by atoms with E-state index in [1.165, 1.54) is 13.4 Å². The summed E-state index contributed by atoms with van der Waals surface area (Å²) < 4.78 is 9.24. The van der Waals surface area contributed by atoms with Gasteiger partial charge in [-0.2, -0.15) is 0 Å². The van der Waals surface area contributed by atoms with Crippen LogP contribution in [0.25, 0.3) is 0 Å². The summed E-state index contributed by atoms with van der Waals surface area (Å²) in [5.41, 5.74) is 0.809. The number of ether oxygens (including phenoxy) is 2.